The maximum Gasteiger partial charge on any atom is 0.354 e. The van der Waals surface area contributed by atoms with Crippen molar-refractivity contribution in [2.45, 2.75) is 43.6 Å². The van der Waals surface area contributed by atoms with Crippen molar-refractivity contribution in [1.29, 1.82) is 0 Å². The summed E-state index contributed by atoms with van der Waals surface area (Å²) in [5, 5.41) is 15.8. The summed E-state index contributed by atoms with van der Waals surface area (Å²) >= 11 is 0. The smallest absolute Gasteiger partial charge is 0.354 e. The van der Waals surface area contributed by atoms with Crippen LogP contribution in [0.5, 0.6) is 0 Å². The molecule has 174 valence electrons. The number of aromatic carboxylic acids is 1. The number of carboxylic acid groups (broad SMARTS) is 1. The molecule has 2 aromatic heterocycles. The zero-order valence-corrected chi connectivity index (χ0v) is 19.2. The summed E-state index contributed by atoms with van der Waals surface area (Å²) in [6, 6.07) is 11.5. The van der Waals surface area contributed by atoms with E-state index in [0.717, 1.165) is 61.2 Å². The number of carboxylic acids is 1. The third-order valence-electron chi connectivity index (χ3n) is 7.21. The first-order valence-electron chi connectivity index (χ1n) is 11.6. The van der Waals surface area contributed by atoms with E-state index in [0.29, 0.717) is 18.2 Å². The second-order valence-corrected chi connectivity index (χ2v) is 9.10. The lowest BCUT2D eigenvalue weighted by Gasteiger charge is -2.41. The second-order valence-electron chi connectivity index (χ2n) is 9.10. The summed E-state index contributed by atoms with van der Waals surface area (Å²) in [4.78, 5) is 18.9. The monoisotopic (exact) mass is 450 g/mol. The molecule has 1 saturated carbocycles. The Labute approximate surface area is 193 Å². The number of aromatic nitrogens is 3. The van der Waals surface area contributed by atoms with E-state index in [-0.39, 0.29) is 11.3 Å². The molecular formula is C25H30N4O4. The number of nitrogens with zero attached hydrogens (tertiary/aromatic N) is 4. The molecule has 0 radical (unpaired) electrons. The van der Waals surface area contributed by atoms with Gasteiger partial charge in [0.2, 0.25) is 0 Å². The molecule has 0 unspecified atom stereocenters. The van der Waals surface area contributed by atoms with E-state index in [1.54, 1.807) is 20.3 Å². The van der Waals surface area contributed by atoms with Crippen molar-refractivity contribution in [2.24, 2.45) is 0 Å². The van der Waals surface area contributed by atoms with Gasteiger partial charge < -0.3 is 19.5 Å². The minimum absolute atomic E-state index is 0.0372. The maximum atomic E-state index is 12.0. The molecule has 8 nitrogen and oxygen atoms in total. The van der Waals surface area contributed by atoms with Crippen molar-refractivity contribution >= 4 is 22.7 Å². The van der Waals surface area contributed by atoms with Gasteiger partial charge in [-0.25, -0.2) is 14.5 Å². The fraction of sp³-hybridized carbons (Fsp3) is 0.480. The van der Waals surface area contributed by atoms with E-state index in [1.807, 2.05) is 35.0 Å². The zero-order valence-electron chi connectivity index (χ0n) is 19.2. The van der Waals surface area contributed by atoms with Crippen LogP contribution in [0.2, 0.25) is 0 Å². The standard InChI is InChI=1S/C25H30N4O4/c1-32-16-25(33-2)11-13-28(14-12-25)20-15-19(24(30)31)26-23-21(20)22(17-7-6-8-17)27-29(23)18-9-4-3-5-10-18/h3-5,9-10,15,17H,6-8,11-14,16H2,1-2H3,(H,30,31). The second kappa shape index (κ2) is 8.76. The first-order valence-corrected chi connectivity index (χ1v) is 11.6. The van der Waals surface area contributed by atoms with Crippen molar-refractivity contribution < 1.29 is 19.4 Å². The largest absolute Gasteiger partial charge is 0.477 e. The molecule has 0 amide bonds. The summed E-state index contributed by atoms with van der Waals surface area (Å²) in [6.45, 7) is 2.04. The molecule has 8 heteroatoms. The third-order valence-corrected chi connectivity index (χ3v) is 7.21. The number of ether oxygens (including phenoxy) is 2. The van der Waals surface area contributed by atoms with Crippen molar-refractivity contribution in [1.82, 2.24) is 14.8 Å². The van der Waals surface area contributed by atoms with Crippen LogP contribution >= 0.6 is 0 Å². The van der Waals surface area contributed by atoms with Crippen molar-refractivity contribution in [2.75, 3.05) is 38.8 Å². The number of para-hydroxylation sites is 1. The van der Waals surface area contributed by atoms with E-state index in [9.17, 15) is 9.90 Å². The van der Waals surface area contributed by atoms with Gasteiger partial charge in [-0.1, -0.05) is 24.6 Å². The van der Waals surface area contributed by atoms with Gasteiger partial charge in [-0.3, -0.25) is 0 Å². The van der Waals surface area contributed by atoms with E-state index < -0.39 is 5.97 Å². The first-order chi connectivity index (χ1) is 16.0. The highest BCUT2D eigenvalue weighted by atomic mass is 16.5. The van der Waals surface area contributed by atoms with Crippen LogP contribution in [0.15, 0.2) is 36.4 Å². The Hall–Kier alpha value is -2.97. The predicted molar refractivity (Wildman–Crippen MR) is 125 cm³/mol. The van der Waals surface area contributed by atoms with Crippen LogP contribution in [0.25, 0.3) is 16.7 Å². The number of fused-ring (bicyclic) bond motifs is 1. The molecule has 1 N–H and O–H groups in total. The lowest BCUT2D eigenvalue weighted by atomic mass is 9.81. The average Bonchev–Trinajstić information content (AvgIpc) is 3.18. The molecular weight excluding hydrogens is 420 g/mol. The molecule has 0 atom stereocenters. The molecule has 1 aromatic carbocycles. The van der Waals surface area contributed by atoms with E-state index in [2.05, 4.69) is 9.88 Å². The van der Waals surface area contributed by atoms with Crippen LogP contribution in [0.3, 0.4) is 0 Å². The highest BCUT2D eigenvalue weighted by Crippen LogP contribution is 2.43. The number of anilines is 1. The maximum absolute atomic E-state index is 12.0. The number of piperidine rings is 1. The van der Waals surface area contributed by atoms with Gasteiger partial charge in [-0.15, -0.1) is 0 Å². The molecule has 3 aromatic rings. The Morgan fingerprint density at radius 3 is 2.48 bits per heavy atom. The fourth-order valence-corrected chi connectivity index (χ4v) is 5.02. The fourth-order valence-electron chi connectivity index (χ4n) is 5.02. The van der Waals surface area contributed by atoms with E-state index in [4.69, 9.17) is 14.6 Å². The summed E-state index contributed by atoms with van der Waals surface area (Å²) in [7, 11) is 3.43. The van der Waals surface area contributed by atoms with Crippen LogP contribution in [0.4, 0.5) is 5.69 Å². The number of hydrogen-bond donors (Lipinski definition) is 1. The average molecular weight is 451 g/mol. The van der Waals surface area contributed by atoms with Crippen LogP contribution in [-0.4, -0.2) is 65.4 Å². The topological polar surface area (TPSA) is 89.7 Å². The molecule has 2 fully saturated rings. The highest BCUT2D eigenvalue weighted by Gasteiger charge is 2.37. The Kier molecular flexibility index (Phi) is 5.80. The number of benzene rings is 1. The molecule has 5 rings (SSSR count). The van der Waals surface area contributed by atoms with Crippen LogP contribution < -0.4 is 4.90 Å². The highest BCUT2D eigenvalue weighted by molar-refractivity contribution is 5.98. The molecule has 0 spiro atoms. The zero-order chi connectivity index (χ0) is 23.0. The molecule has 2 aliphatic rings. The minimum atomic E-state index is -1.04. The van der Waals surface area contributed by atoms with Gasteiger partial charge in [-0.05, 0) is 43.9 Å². The quantitative estimate of drug-likeness (QED) is 0.581. The molecule has 1 aliphatic heterocycles. The van der Waals surface area contributed by atoms with E-state index in [1.165, 1.54) is 6.42 Å². The molecule has 1 saturated heterocycles. The van der Waals surface area contributed by atoms with Crippen molar-refractivity contribution in [3.8, 4) is 5.69 Å². The lowest BCUT2D eigenvalue weighted by molar-refractivity contribution is -0.0782. The molecule has 3 heterocycles. The normalized spacial score (nSPS) is 18.4. The van der Waals surface area contributed by atoms with Gasteiger partial charge >= 0.3 is 5.97 Å². The Balaban J connectivity index is 1.65. The number of pyridine rings is 1. The number of hydrogen-bond acceptors (Lipinski definition) is 6. The third kappa shape index (κ3) is 3.87. The number of methoxy groups -OCH3 is 2. The van der Waals surface area contributed by atoms with Gasteiger partial charge in [0.05, 0.1) is 34.7 Å². The number of carbonyl (C=O) groups is 1. The SMILES string of the molecule is COCC1(OC)CCN(c2cc(C(=O)O)nc3c2c(C2CCC2)nn3-c2ccccc2)CC1. The van der Waals surface area contributed by atoms with Gasteiger partial charge in [0, 0.05) is 33.2 Å². The molecule has 0 bridgehead atoms. The predicted octanol–water partition coefficient (Wildman–Crippen LogP) is 4.02. The Bertz CT molecular complexity index is 1150. The molecule has 33 heavy (non-hydrogen) atoms. The van der Waals surface area contributed by atoms with Crippen molar-refractivity contribution in [3.63, 3.8) is 0 Å². The molecule has 1 aliphatic carbocycles. The van der Waals surface area contributed by atoms with Crippen molar-refractivity contribution in [3.05, 3.63) is 47.8 Å². The van der Waals surface area contributed by atoms with Crippen LogP contribution in [0, 0.1) is 0 Å². The van der Waals surface area contributed by atoms with Gasteiger partial charge in [0.1, 0.15) is 0 Å². The minimum Gasteiger partial charge on any atom is -0.477 e. The Morgan fingerprint density at radius 2 is 1.91 bits per heavy atom. The van der Waals surface area contributed by atoms with E-state index >= 15 is 0 Å². The summed E-state index contributed by atoms with van der Waals surface area (Å²) < 4.78 is 13.1. The first kappa shape index (κ1) is 21.9. The van der Waals surface area contributed by atoms with Gasteiger partial charge in [0.25, 0.3) is 0 Å². The Morgan fingerprint density at radius 1 is 1.18 bits per heavy atom. The lowest BCUT2D eigenvalue weighted by Crippen LogP contribution is -2.48. The number of rotatable bonds is 7. The van der Waals surface area contributed by atoms with Gasteiger partial charge in [0.15, 0.2) is 11.3 Å². The van der Waals surface area contributed by atoms with Gasteiger partial charge in [-0.2, -0.15) is 5.10 Å². The summed E-state index contributed by atoms with van der Waals surface area (Å²) in [5.41, 5.74) is 3.15. The van der Waals surface area contributed by atoms with Crippen LogP contribution in [0.1, 0.15) is 54.2 Å². The summed E-state index contributed by atoms with van der Waals surface area (Å²) in [5.74, 6) is -0.656. The van der Waals surface area contributed by atoms with Crippen LogP contribution in [-0.2, 0) is 9.47 Å². The summed E-state index contributed by atoms with van der Waals surface area (Å²) in [6.07, 6.45) is 4.99.